The third kappa shape index (κ3) is 5.57. The van der Waals surface area contributed by atoms with Crippen LogP contribution in [0.3, 0.4) is 0 Å². The number of rotatable bonds is 6. The molecule has 10 heteroatoms. The van der Waals surface area contributed by atoms with Gasteiger partial charge >= 0.3 is 6.18 Å². The summed E-state index contributed by atoms with van der Waals surface area (Å²) in [6.07, 6.45) is -7.36. The van der Waals surface area contributed by atoms with Crippen LogP contribution < -0.4 is 5.32 Å². The molecule has 0 bridgehead atoms. The van der Waals surface area contributed by atoms with Gasteiger partial charge in [-0.1, -0.05) is 24.3 Å². The van der Waals surface area contributed by atoms with Gasteiger partial charge in [-0.2, -0.15) is 13.2 Å². The van der Waals surface area contributed by atoms with Crippen LogP contribution in [0.15, 0.2) is 29.8 Å². The molecule has 0 unspecified atom stereocenters. The quantitative estimate of drug-likeness (QED) is 0.722. The number of aliphatic hydroxyl groups is 1. The van der Waals surface area contributed by atoms with Crippen LogP contribution >= 0.6 is 11.3 Å². The lowest BCUT2D eigenvalue weighted by Gasteiger charge is -2.24. The number of thiazole rings is 1. The predicted octanol–water partition coefficient (Wildman–Crippen LogP) is 3.04. The van der Waals surface area contributed by atoms with E-state index in [9.17, 15) is 27.9 Å². The number of benzene rings is 1. The average Bonchev–Trinajstić information content (AvgIpc) is 3.29. The number of aromatic nitrogens is 1. The van der Waals surface area contributed by atoms with E-state index in [4.69, 9.17) is 0 Å². The summed E-state index contributed by atoms with van der Waals surface area (Å²) >= 11 is 1.54. The van der Waals surface area contributed by atoms with Crippen molar-refractivity contribution >= 4 is 23.2 Å². The Hall–Kier alpha value is -2.46. The first-order valence-electron chi connectivity index (χ1n) is 9.45. The number of likely N-dealkylation sites (tertiary alicyclic amines) is 1. The first-order chi connectivity index (χ1) is 14.1. The highest BCUT2D eigenvalue weighted by Crippen LogP contribution is 2.27. The lowest BCUT2D eigenvalue weighted by atomic mass is 10.1. The number of hydrogen-bond acceptors (Lipinski definition) is 5. The lowest BCUT2D eigenvalue weighted by Crippen LogP contribution is -2.45. The Kier molecular flexibility index (Phi) is 6.77. The maximum absolute atomic E-state index is 12.5. The molecule has 2 heterocycles. The number of aliphatic hydroxyl groups excluding tert-OH is 1. The van der Waals surface area contributed by atoms with Crippen molar-refractivity contribution in [3.8, 4) is 10.4 Å². The second-order valence-electron chi connectivity index (χ2n) is 7.25. The van der Waals surface area contributed by atoms with Crippen LogP contribution in [0.5, 0.6) is 0 Å². The van der Waals surface area contributed by atoms with E-state index in [1.165, 1.54) is 11.3 Å². The van der Waals surface area contributed by atoms with Crippen LogP contribution in [-0.2, 0) is 16.1 Å². The monoisotopic (exact) mass is 441 g/mol. The largest absolute Gasteiger partial charge is 0.391 e. The van der Waals surface area contributed by atoms with Gasteiger partial charge in [-0.3, -0.25) is 9.59 Å². The molecule has 1 aromatic carbocycles. The minimum absolute atomic E-state index is 0.00713. The van der Waals surface area contributed by atoms with Crippen LogP contribution in [-0.4, -0.2) is 51.7 Å². The van der Waals surface area contributed by atoms with Crippen LogP contribution in [0, 0.1) is 6.92 Å². The molecule has 162 valence electrons. The molecule has 1 aliphatic rings. The first-order valence-corrected chi connectivity index (χ1v) is 10.3. The van der Waals surface area contributed by atoms with Crippen LogP contribution in [0.25, 0.3) is 10.4 Å². The zero-order chi connectivity index (χ0) is 21.9. The van der Waals surface area contributed by atoms with Crippen molar-refractivity contribution in [1.82, 2.24) is 15.2 Å². The summed E-state index contributed by atoms with van der Waals surface area (Å²) in [5.41, 5.74) is 4.57. The molecule has 0 radical (unpaired) electrons. The molecular weight excluding hydrogens is 419 g/mol. The topological polar surface area (TPSA) is 82.5 Å². The van der Waals surface area contributed by atoms with E-state index in [-0.39, 0.29) is 19.5 Å². The molecular formula is C20H22F3N3O3S. The van der Waals surface area contributed by atoms with Crippen LogP contribution in [0.4, 0.5) is 13.2 Å². The maximum atomic E-state index is 12.5. The molecule has 0 saturated carbocycles. The van der Waals surface area contributed by atoms with E-state index in [1.807, 2.05) is 31.2 Å². The zero-order valence-corrected chi connectivity index (χ0v) is 17.1. The molecule has 1 aliphatic heterocycles. The van der Waals surface area contributed by atoms with E-state index in [2.05, 4.69) is 10.3 Å². The molecule has 6 nitrogen and oxygen atoms in total. The van der Waals surface area contributed by atoms with Gasteiger partial charge in [0.05, 0.1) is 28.6 Å². The van der Waals surface area contributed by atoms with Gasteiger partial charge in [0.15, 0.2) is 0 Å². The Morgan fingerprint density at radius 2 is 2.00 bits per heavy atom. The summed E-state index contributed by atoms with van der Waals surface area (Å²) in [4.78, 5) is 31.0. The van der Waals surface area contributed by atoms with Gasteiger partial charge in [0, 0.05) is 25.9 Å². The number of hydrogen-bond donors (Lipinski definition) is 2. The molecule has 2 aromatic rings. The predicted molar refractivity (Wildman–Crippen MR) is 106 cm³/mol. The molecule has 0 aliphatic carbocycles. The number of alkyl halides is 3. The lowest BCUT2D eigenvalue weighted by molar-refractivity contribution is -0.151. The van der Waals surface area contributed by atoms with Crippen molar-refractivity contribution in [3.05, 3.63) is 41.0 Å². The second-order valence-corrected chi connectivity index (χ2v) is 8.10. The third-order valence-corrected chi connectivity index (χ3v) is 5.93. The summed E-state index contributed by atoms with van der Waals surface area (Å²) in [7, 11) is 0. The van der Waals surface area contributed by atoms with Crippen molar-refractivity contribution < 1.29 is 27.9 Å². The number of nitrogens with one attached hydrogen (secondary N) is 1. The number of β-amino-alcohol motifs (C(OH)–C–C–N with tert-alkyl or cyclic N) is 1. The molecule has 1 aromatic heterocycles. The SMILES string of the molecule is Cc1ncsc1-c1ccc(CNC(=O)[C@@H]2C[C@@H](O)CN2C(=O)CCC(F)(F)F)cc1. The Morgan fingerprint density at radius 3 is 2.60 bits per heavy atom. The maximum Gasteiger partial charge on any atom is 0.389 e. The fourth-order valence-corrected chi connectivity index (χ4v) is 4.20. The number of nitrogens with zero attached hydrogens (tertiary/aromatic N) is 2. The molecule has 2 N–H and O–H groups in total. The number of halogens is 3. The minimum atomic E-state index is -4.45. The molecule has 2 atom stereocenters. The molecule has 0 spiro atoms. The van der Waals surface area contributed by atoms with Crippen molar-refractivity contribution in [2.45, 2.75) is 51.1 Å². The second kappa shape index (κ2) is 9.13. The van der Waals surface area contributed by atoms with Crippen LogP contribution in [0.1, 0.15) is 30.5 Å². The highest BCUT2D eigenvalue weighted by atomic mass is 32.1. The highest BCUT2D eigenvalue weighted by molar-refractivity contribution is 7.13. The summed E-state index contributed by atoms with van der Waals surface area (Å²) in [5.74, 6) is -1.28. The number of carbonyl (C=O) groups excluding carboxylic acids is 2. The van der Waals surface area contributed by atoms with Gasteiger partial charge in [0.1, 0.15) is 6.04 Å². The van der Waals surface area contributed by atoms with Crippen molar-refractivity contribution in [2.75, 3.05) is 6.54 Å². The number of aryl methyl sites for hydroxylation is 1. The van der Waals surface area contributed by atoms with E-state index in [0.717, 1.165) is 26.6 Å². The Morgan fingerprint density at radius 1 is 1.30 bits per heavy atom. The molecule has 1 saturated heterocycles. The van der Waals surface area contributed by atoms with Gasteiger partial charge in [0.2, 0.25) is 11.8 Å². The highest BCUT2D eigenvalue weighted by Gasteiger charge is 2.39. The normalized spacial score (nSPS) is 19.2. The van der Waals surface area contributed by atoms with E-state index < -0.39 is 43.0 Å². The van der Waals surface area contributed by atoms with Crippen molar-refractivity contribution in [2.24, 2.45) is 0 Å². The van der Waals surface area contributed by atoms with Gasteiger partial charge < -0.3 is 15.3 Å². The fourth-order valence-electron chi connectivity index (χ4n) is 3.39. The standard InChI is InChI=1S/C20H22F3N3O3S/c1-12-18(30-11-25-12)14-4-2-13(3-5-14)9-24-19(29)16-8-15(27)10-26(16)17(28)6-7-20(21,22)23/h2-5,11,15-16,27H,6-10H2,1H3,(H,24,29)/t15-,16+/m1/s1. The summed E-state index contributed by atoms with van der Waals surface area (Å²) in [6, 6.07) is 6.61. The van der Waals surface area contributed by atoms with Gasteiger partial charge in [-0.25, -0.2) is 4.98 Å². The smallest absolute Gasteiger partial charge is 0.389 e. The number of carbonyl (C=O) groups is 2. The van der Waals surface area contributed by atoms with E-state index >= 15 is 0 Å². The molecule has 1 fully saturated rings. The zero-order valence-electron chi connectivity index (χ0n) is 16.3. The van der Waals surface area contributed by atoms with Crippen LogP contribution in [0.2, 0.25) is 0 Å². The molecule has 2 amide bonds. The Bertz CT molecular complexity index is 899. The molecule has 3 rings (SSSR count). The van der Waals surface area contributed by atoms with E-state index in [1.54, 1.807) is 5.51 Å². The Balaban J connectivity index is 1.57. The van der Waals surface area contributed by atoms with Gasteiger partial charge in [-0.15, -0.1) is 11.3 Å². The Labute approximate surface area is 175 Å². The van der Waals surface area contributed by atoms with Crippen molar-refractivity contribution in [1.29, 1.82) is 0 Å². The first kappa shape index (κ1) is 22.2. The average molecular weight is 441 g/mol. The fraction of sp³-hybridized carbons (Fsp3) is 0.450. The van der Waals surface area contributed by atoms with Gasteiger partial charge in [-0.05, 0) is 18.1 Å². The van der Waals surface area contributed by atoms with Gasteiger partial charge in [0.25, 0.3) is 0 Å². The summed E-state index contributed by atoms with van der Waals surface area (Å²) in [6.45, 7) is 1.99. The molecule has 30 heavy (non-hydrogen) atoms. The third-order valence-electron chi connectivity index (χ3n) is 4.95. The summed E-state index contributed by atoms with van der Waals surface area (Å²) < 4.78 is 37.1. The minimum Gasteiger partial charge on any atom is -0.391 e. The van der Waals surface area contributed by atoms with E-state index in [0.29, 0.717) is 0 Å². The van der Waals surface area contributed by atoms with Crippen molar-refractivity contribution in [3.63, 3.8) is 0 Å². The number of amides is 2. The summed E-state index contributed by atoms with van der Waals surface area (Å²) in [5, 5.41) is 12.5.